The molecule has 0 radical (unpaired) electrons. The number of para-hydroxylation sites is 1. The lowest BCUT2D eigenvalue weighted by molar-refractivity contribution is 0.535. The predicted molar refractivity (Wildman–Crippen MR) is 99.8 cm³/mol. The molecule has 0 spiro atoms. The minimum absolute atomic E-state index is 0.211. The van der Waals surface area contributed by atoms with Crippen LogP contribution in [0.1, 0.15) is 11.3 Å². The van der Waals surface area contributed by atoms with Crippen molar-refractivity contribution < 1.29 is 8.81 Å². The number of halogens is 1. The first-order chi connectivity index (χ1) is 12.7. The molecule has 0 atom stereocenters. The van der Waals surface area contributed by atoms with E-state index in [1.54, 1.807) is 18.4 Å². The molecule has 2 aromatic heterocycles. The zero-order valence-corrected chi connectivity index (χ0v) is 14.9. The fraction of sp³-hybridized carbons (Fsp3) is 0.100. The number of rotatable bonds is 5. The summed E-state index contributed by atoms with van der Waals surface area (Å²) in [4.78, 5) is 0. The Kier molecular flexibility index (Phi) is 4.58. The van der Waals surface area contributed by atoms with Gasteiger partial charge < -0.3 is 4.42 Å². The highest BCUT2D eigenvalue weighted by molar-refractivity contribution is 7.98. The van der Waals surface area contributed by atoms with Crippen LogP contribution in [0, 0.1) is 12.7 Å². The molecular formula is C20H16FN3OS. The van der Waals surface area contributed by atoms with Crippen LogP contribution in [0.4, 0.5) is 4.39 Å². The van der Waals surface area contributed by atoms with E-state index in [0.29, 0.717) is 22.3 Å². The average Bonchev–Trinajstić information content (AvgIpc) is 3.27. The Morgan fingerprint density at radius 3 is 2.50 bits per heavy atom. The maximum absolute atomic E-state index is 13.9. The van der Waals surface area contributed by atoms with Gasteiger partial charge >= 0.3 is 0 Å². The van der Waals surface area contributed by atoms with Gasteiger partial charge in [0.05, 0.1) is 11.8 Å². The van der Waals surface area contributed by atoms with Gasteiger partial charge in [0.15, 0.2) is 11.0 Å². The third kappa shape index (κ3) is 3.15. The second kappa shape index (κ2) is 7.17. The van der Waals surface area contributed by atoms with Crippen LogP contribution in [0.3, 0.4) is 0 Å². The van der Waals surface area contributed by atoms with Gasteiger partial charge in [0.25, 0.3) is 0 Å². The summed E-state index contributed by atoms with van der Waals surface area (Å²) in [6.07, 6.45) is 1.64. The van der Waals surface area contributed by atoms with Crippen molar-refractivity contribution >= 4 is 11.8 Å². The summed E-state index contributed by atoms with van der Waals surface area (Å²) in [6, 6.07) is 18.5. The van der Waals surface area contributed by atoms with Gasteiger partial charge in [-0.15, -0.1) is 10.2 Å². The Hall–Kier alpha value is -2.86. The fourth-order valence-electron chi connectivity index (χ4n) is 2.72. The summed E-state index contributed by atoms with van der Waals surface area (Å²) in [7, 11) is 0. The smallest absolute Gasteiger partial charge is 0.196 e. The van der Waals surface area contributed by atoms with E-state index in [9.17, 15) is 4.39 Å². The summed E-state index contributed by atoms with van der Waals surface area (Å²) in [5.41, 5.74) is 2.48. The van der Waals surface area contributed by atoms with Crippen LogP contribution in [0.25, 0.3) is 17.1 Å². The topological polar surface area (TPSA) is 43.9 Å². The molecule has 4 nitrogen and oxygen atoms in total. The van der Waals surface area contributed by atoms with Crippen LogP contribution >= 0.6 is 11.8 Å². The molecule has 0 unspecified atom stereocenters. The Bertz CT molecular complexity index is 1030. The van der Waals surface area contributed by atoms with Crippen LogP contribution in [0.2, 0.25) is 0 Å². The summed E-state index contributed by atoms with van der Waals surface area (Å²) < 4.78 is 21.3. The number of aryl methyl sites for hydroxylation is 1. The van der Waals surface area contributed by atoms with E-state index >= 15 is 0 Å². The standard InChI is InChI=1S/C20H16FN3OS/c1-14-17(11-12-25-14)19-22-23-20(24(19)16-8-3-2-4-9-16)26-13-15-7-5-6-10-18(15)21/h2-12H,13H2,1H3. The van der Waals surface area contributed by atoms with Crippen molar-refractivity contribution in [1.29, 1.82) is 0 Å². The average molecular weight is 365 g/mol. The molecule has 0 N–H and O–H groups in total. The van der Waals surface area contributed by atoms with Gasteiger partial charge in [-0.3, -0.25) is 4.57 Å². The lowest BCUT2D eigenvalue weighted by Gasteiger charge is -2.10. The highest BCUT2D eigenvalue weighted by Crippen LogP contribution is 2.31. The zero-order chi connectivity index (χ0) is 17.9. The zero-order valence-electron chi connectivity index (χ0n) is 14.1. The molecule has 130 valence electrons. The van der Waals surface area contributed by atoms with E-state index in [0.717, 1.165) is 17.0 Å². The van der Waals surface area contributed by atoms with Crippen LogP contribution in [-0.4, -0.2) is 14.8 Å². The molecule has 0 aliphatic rings. The van der Waals surface area contributed by atoms with Crippen molar-refractivity contribution in [3.63, 3.8) is 0 Å². The van der Waals surface area contributed by atoms with Gasteiger partial charge in [0.2, 0.25) is 0 Å². The molecule has 4 aromatic rings. The molecule has 0 aliphatic carbocycles. The predicted octanol–water partition coefficient (Wildman–Crippen LogP) is 5.27. The van der Waals surface area contributed by atoms with Gasteiger partial charge in [0, 0.05) is 11.4 Å². The molecule has 4 rings (SSSR count). The minimum Gasteiger partial charge on any atom is -0.469 e. The number of benzene rings is 2. The summed E-state index contributed by atoms with van der Waals surface area (Å²) in [5, 5.41) is 9.42. The lowest BCUT2D eigenvalue weighted by Crippen LogP contribution is -2.00. The first-order valence-electron chi connectivity index (χ1n) is 8.15. The quantitative estimate of drug-likeness (QED) is 0.452. The van der Waals surface area contributed by atoms with E-state index in [4.69, 9.17) is 4.42 Å². The molecule has 0 aliphatic heterocycles. The SMILES string of the molecule is Cc1occc1-c1nnc(SCc2ccccc2F)n1-c1ccccc1. The molecule has 0 saturated heterocycles. The van der Waals surface area contributed by atoms with E-state index in [1.165, 1.54) is 17.8 Å². The van der Waals surface area contributed by atoms with Crippen molar-refractivity contribution in [2.45, 2.75) is 17.8 Å². The monoisotopic (exact) mass is 365 g/mol. The van der Waals surface area contributed by atoms with E-state index in [2.05, 4.69) is 10.2 Å². The lowest BCUT2D eigenvalue weighted by atomic mass is 10.2. The summed E-state index contributed by atoms with van der Waals surface area (Å²) >= 11 is 1.45. The Labute approximate surface area is 154 Å². The molecule has 0 saturated carbocycles. The Morgan fingerprint density at radius 2 is 1.77 bits per heavy atom. The van der Waals surface area contributed by atoms with Crippen LogP contribution in [0.15, 0.2) is 76.5 Å². The van der Waals surface area contributed by atoms with Crippen LogP contribution < -0.4 is 0 Å². The number of hydrogen-bond donors (Lipinski definition) is 0. The van der Waals surface area contributed by atoms with Crippen LogP contribution in [0.5, 0.6) is 0 Å². The third-order valence-corrected chi connectivity index (χ3v) is 5.04. The molecule has 6 heteroatoms. The van der Waals surface area contributed by atoms with Crippen molar-refractivity contribution in [1.82, 2.24) is 14.8 Å². The second-order valence-corrected chi connectivity index (χ2v) is 6.69. The van der Waals surface area contributed by atoms with Gasteiger partial charge in [-0.2, -0.15) is 0 Å². The van der Waals surface area contributed by atoms with Gasteiger partial charge in [-0.05, 0) is 36.8 Å². The highest BCUT2D eigenvalue weighted by atomic mass is 32.2. The molecule has 2 aromatic carbocycles. The summed E-state index contributed by atoms with van der Waals surface area (Å²) in [5.74, 6) is 1.75. The molecular weight excluding hydrogens is 349 g/mol. The largest absolute Gasteiger partial charge is 0.469 e. The highest BCUT2D eigenvalue weighted by Gasteiger charge is 2.19. The van der Waals surface area contributed by atoms with Gasteiger partial charge in [-0.1, -0.05) is 48.2 Å². The first-order valence-corrected chi connectivity index (χ1v) is 9.14. The molecule has 26 heavy (non-hydrogen) atoms. The van der Waals surface area contributed by atoms with Gasteiger partial charge in [0.1, 0.15) is 11.6 Å². The minimum atomic E-state index is -0.211. The van der Waals surface area contributed by atoms with Crippen molar-refractivity contribution in [3.8, 4) is 17.1 Å². The molecule has 0 amide bonds. The number of aromatic nitrogens is 3. The number of thioether (sulfide) groups is 1. The van der Waals surface area contributed by atoms with E-state index in [-0.39, 0.29) is 5.82 Å². The maximum Gasteiger partial charge on any atom is 0.196 e. The number of furan rings is 1. The second-order valence-electron chi connectivity index (χ2n) is 5.75. The van der Waals surface area contributed by atoms with E-state index in [1.807, 2.05) is 54.0 Å². The van der Waals surface area contributed by atoms with Crippen molar-refractivity contribution in [2.24, 2.45) is 0 Å². The van der Waals surface area contributed by atoms with Crippen LogP contribution in [-0.2, 0) is 5.75 Å². The first kappa shape index (κ1) is 16.6. The van der Waals surface area contributed by atoms with E-state index < -0.39 is 0 Å². The normalized spacial score (nSPS) is 11.0. The van der Waals surface area contributed by atoms with Crippen molar-refractivity contribution in [3.05, 3.63) is 84.1 Å². The molecule has 0 bridgehead atoms. The third-order valence-electron chi connectivity index (χ3n) is 4.06. The number of hydrogen-bond acceptors (Lipinski definition) is 4. The number of nitrogens with zero attached hydrogens (tertiary/aromatic N) is 3. The van der Waals surface area contributed by atoms with Crippen molar-refractivity contribution in [2.75, 3.05) is 0 Å². The fourth-order valence-corrected chi connectivity index (χ4v) is 3.66. The molecule has 2 heterocycles. The Morgan fingerprint density at radius 1 is 1.00 bits per heavy atom. The maximum atomic E-state index is 13.9. The Balaban J connectivity index is 1.74. The molecule has 0 fully saturated rings. The van der Waals surface area contributed by atoms with Gasteiger partial charge in [-0.25, -0.2) is 4.39 Å². The summed E-state index contributed by atoms with van der Waals surface area (Å²) in [6.45, 7) is 1.89.